The lowest BCUT2D eigenvalue weighted by atomic mass is 10.0. The molecule has 0 heterocycles. The molecule has 0 amide bonds. The van der Waals surface area contributed by atoms with Crippen LogP contribution in [0.15, 0.2) is 22.7 Å². The maximum atomic E-state index is 7.86. The predicted molar refractivity (Wildman–Crippen MR) is 58.1 cm³/mol. The second-order valence-corrected chi connectivity index (χ2v) is 4.34. The van der Waals surface area contributed by atoms with E-state index in [1.165, 1.54) is 0 Å². The van der Waals surface area contributed by atoms with Crippen molar-refractivity contribution in [3.63, 3.8) is 0 Å². The van der Waals surface area contributed by atoms with Crippen LogP contribution in [0.2, 0.25) is 0 Å². The highest BCUT2D eigenvalue weighted by Crippen LogP contribution is 2.34. The Kier molecular flexibility index (Phi) is 2.12. The van der Waals surface area contributed by atoms with Gasteiger partial charge in [0.15, 0.2) is 0 Å². The number of nitrogens with two attached hydrogens (primary N) is 1. The van der Waals surface area contributed by atoms with Gasteiger partial charge in [0.2, 0.25) is 0 Å². The Bertz CT molecular complexity index is 356. The van der Waals surface area contributed by atoms with E-state index in [0.717, 1.165) is 22.9 Å². The highest BCUT2D eigenvalue weighted by Gasteiger charge is 2.28. The Labute approximate surface area is 85.8 Å². The molecule has 1 aromatic carbocycles. The van der Waals surface area contributed by atoms with Crippen molar-refractivity contribution >= 4 is 27.3 Å². The van der Waals surface area contributed by atoms with Gasteiger partial charge in [0.1, 0.15) is 0 Å². The van der Waals surface area contributed by atoms with Crippen LogP contribution >= 0.6 is 15.9 Å². The van der Waals surface area contributed by atoms with E-state index in [-0.39, 0.29) is 0 Å². The van der Waals surface area contributed by atoms with Gasteiger partial charge in [0.25, 0.3) is 0 Å². The topological polar surface area (TPSA) is 49.9 Å². The number of nitrogens with one attached hydrogen (secondary N) is 1. The largest absolute Gasteiger partial charge is 0.398 e. The number of benzene rings is 1. The maximum absolute atomic E-state index is 7.86. The van der Waals surface area contributed by atoms with Gasteiger partial charge in [0.05, 0.1) is 0 Å². The molecule has 0 spiro atoms. The molecule has 0 aliphatic heterocycles. The van der Waals surface area contributed by atoms with E-state index in [2.05, 4.69) is 15.9 Å². The molecule has 1 aromatic rings. The maximum Gasteiger partial charge on any atom is 0.0437 e. The number of anilines is 1. The van der Waals surface area contributed by atoms with E-state index in [9.17, 15) is 0 Å². The number of rotatable bonds is 2. The molecule has 0 aromatic heterocycles. The fourth-order valence-electron chi connectivity index (χ4n) is 1.37. The van der Waals surface area contributed by atoms with E-state index < -0.39 is 0 Å². The van der Waals surface area contributed by atoms with Crippen LogP contribution in [0.25, 0.3) is 0 Å². The molecular formula is C10H11BrN2. The van der Waals surface area contributed by atoms with Gasteiger partial charge in [-0.2, -0.15) is 0 Å². The van der Waals surface area contributed by atoms with Crippen LogP contribution in [-0.4, -0.2) is 5.71 Å². The quantitative estimate of drug-likeness (QED) is 0.605. The molecule has 2 rings (SSSR count). The van der Waals surface area contributed by atoms with Gasteiger partial charge < -0.3 is 11.1 Å². The summed E-state index contributed by atoms with van der Waals surface area (Å²) in [6.07, 6.45) is 2.29. The van der Waals surface area contributed by atoms with Crippen molar-refractivity contribution in [2.75, 3.05) is 5.73 Å². The molecule has 3 N–H and O–H groups in total. The van der Waals surface area contributed by atoms with E-state index >= 15 is 0 Å². The van der Waals surface area contributed by atoms with Crippen LogP contribution in [0.4, 0.5) is 5.69 Å². The lowest BCUT2D eigenvalue weighted by Gasteiger charge is -2.06. The van der Waals surface area contributed by atoms with Gasteiger partial charge in [-0.3, -0.25) is 0 Å². The average molecular weight is 239 g/mol. The fourth-order valence-corrected chi connectivity index (χ4v) is 1.75. The van der Waals surface area contributed by atoms with Crippen molar-refractivity contribution in [3.05, 3.63) is 28.2 Å². The van der Waals surface area contributed by atoms with Crippen LogP contribution in [0, 0.1) is 11.3 Å². The van der Waals surface area contributed by atoms with Crippen molar-refractivity contribution in [3.8, 4) is 0 Å². The van der Waals surface area contributed by atoms with Crippen LogP contribution in [-0.2, 0) is 0 Å². The van der Waals surface area contributed by atoms with Gasteiger partial charge in [-0.1, -0.05) is 15.9 Å². The Hall–Kier alpha value is -0.830. The van der Waals surface area contributed by atoms with Crippen LogP contribution in [0.1, 0.15) is 18.4 Å². The predicted octanol–water partition coefficient (Wildman–Crippen LogP) is 2.81. The normalized spacial score (nSPS) is 15.8. The third kappa shape index (κ3) is 1.75. The monoisotopic (exact) mass is 238 g/mol. The Morgan fingerprint density at radius 3 is 2.69 bits per heavy atom. The first-order valence-corrected chi connectivity index (χ1v) is 5.11. The zero-order valence-corrected chi connectivity index (χ0v) is 8.76. The summed E-state index contributed by atoms with van der Waals surface area (Å²) in [5, 5.41) is 7.86. The molecule has 2 nitrogen and oxygen atoms in total. The standard InChI is InChI=1S/C10H11BrN2/c11-7-3-4-8(9(12)5-7)10(13)6-1-2-6/h3-6,13H,1-2,12H2. The van der Waals surface area contributed by atoms with Crippen LogP contribution < -0.4 is 5.73 Å². The summed E-state index contributed by atoms with van der Waals surface area (Å²) in [7, 11) is 0. The first kappa shape index (κ1) is 8.75. The van der Waals surface area contributed by atoms with E-state index in [1.807, 2.05) is 18.2 Å². The lowest BCUT2D eigenvalue weighted by Crippen LogP contribution is -2.05. The molecule has 0 atom stereocenters. The number of nitrogen functional groups attached to an aromatic ring is 1. The first-order chi connectivity index (χ1) is 6.18. The molecule has 1 fully saturated rings. The number of halogens is 1. The molecule has 13 heavy (non-hydrogen) atoms. The van der Waals surface area contributed by atoms with Crippen molar-refractivity contribution in [2.45, 2.75) is 12.8 Å². The highest BCUT2D eigenvalue weighted by atomic mass is 79.9. The molecule has 0 unspecified atom stereocenters. The average Bonchev–Trinajstić information content (AvgIpc) is 2.85. The molecule has 0 radical (unpaired) electrons. The van der Waals surface area contributed by atoms with Crippen LogP contribution in [0.3, 0.4) is 0 Å². The minimum absolute atomic E-state index is 0.462. The van der Waals surface area contributed by atoms with Crippen molar-refractivity contribution in [1.29, 1.82) is 5.41 Å². The molecule has 0 saturated heterocycles. The third-order valence-electron chi connectivity index (χ3n) is 2.29. The summed E-state index contributed by atoms with van der Waals surface area (Å²) in [6, 6.07) is 5.70. The van der Waals surface area contributed by atoms with Gasteiger partial charge in [-0.25, -0.2) is 0 Å². The first-order valence-electron chi connectivity index (χ1n) is 4.32. The molecule has 1 aliphatic carbocycles. The molecular weight excluding hydrogens is 228 g/mol. The molecule has 68 valence electrons. The SMILES string of the molecule is N=C(c1ccc(Br)cc1N)C1CC1. The highest BCUT2D eigenvalue weighted by molar-refractivity contribution is 9.10. The number of hydrogen-bond acceptors (Lipinski definition) is 2. The van der Waals surface area contributed by atoms with Crippen molar-refractivity contribution in [2.24, 2.45) is 5.92 Å². The van der Waals surface area contributed by atoms with Gasteiger partial charge in [0, 0.05) is 27.4 Å². The van der Waals surface area contributed by atoms with E-state index in [0.29, 0.717) is 17.3 Å². The minimum atomic E-state index is 0.462. The Morgan fingerprint density at radius 1 is 1.46 bits per heavy atom. The molecule has 3 heteroatoms. The molecule has 1 aliphatic rings. The summed E-state index contributed by atoms with van der Waals surface area (Å²) in [6.45, 7) is 0. The summed E-state index contributed by atoms with van der Waals surface area (Å²) >= 11 is 3.35. The lowest BCUT2D eigenvalue weighted by molar-refractivity contribution is 1.16. The van der Waals surface area contributed by atoms with Crippen LogP contribution in [0.5, 0.6) is 0 Å². The number of hydrogen-bond donors (Lipinski definition) is 2. The van der Waals surface area contributed by atoms with Gasteiger partial charge in [-0.05, 0) is 31.0 Å². The summed E-state index contributed by atoms with van der Waals surface area (Å²) in [4.78, 5) is 0. The minimum Gasteiger partial charge on any atom is -0.398 e. The van der Waals surface area contributed by atoms with Crippen molar-refractivity contribution < 1.29 is 0 Å². The van der Waals surface area contributed by atoms with E-state index in [1.54, 1.807) is 0 Å². The summed E-state index contributed by atoms with van der Waals surface area (Å²) < 4.78 is 0.970. The molecule has 0 bridgehead atoms. The zero-order valence-electron chi connectivity index (χ0n) is 7.18. The third-order valence-corrected chi connectivity index (χ3v) is 2.78. The summed E-state index contributed by atoms with van der Waals surface area (Å²) in [5.41, 5.74) is 8.11. The van der Waals surface area contributed by atoms with Gasteiger partial charge >= 0.3 is 0 Å². The fraction of sp³-hybridized carbons (Fsp3) is 0.300. The Balaban J connectivity index is 2.33. The second kappa shape index (κ2) is 3.14. The van der Waals surface area contributed by atoms with E-state index in [4.69, 9.17) is 11.1 Å². The summed E-state index contributed by atoms with van der Waals surface area (Å²) in [5.74, 6) is 0.462. The Morgan fingerprint density at radius 2 is 2.15 bits per heavy atom. The molecule has 1 saturated carbocycles. The smallest absolute Gasteiger partial charge is 0.0437 e. The van der Waals surface area contributed by atoms with Crippen molar-refractivity contribution in [1.82, 2.24) is 0 Å². The zero-order chi connectivity index (χ0) is 9.42. The van der Waals surface area contributed by atoms with Gasteiger partial charge in [-0.15, -0.1) is 0 Å². The second-order valence-electron chi connectivity index (χ2n) is 3.42.